The SMILES string of the molecule is N/C(=N\O)c1cccc(OCc2cccc(Cl)c2)c1. The van der Waals surface area contributed by atoms with Gasteiger partial charge in [0.1, 0.15) is 12.4 Å². The van der Waals surface area contributed by atoms with Crippen LogP contribution in [0.25, 0.3) is 0 Å². The fourth-order valence-electron chi connectivity index (χ4n) is 1.60. The summed E-state index contributed by atoms with van der Waals surface area (Å²) >= 11 is 5.90. The molecule has 0 amide bonds. The maximum absolute atomic E-state index is 8.63. The lowest BCUT2D eigenvalue weighted by molar-refractivity contribution is 0.306. The highest BCUT2D eigenvalue weighted by Gasteiger charge is 2.02. The van der Waals surface area contributed by atoms with E-state index in [0.29, 0.717) is 22.9 Å². The Morgan fingerprint density at radius 3 is 2.74 bits per heavy atom. The Morgan fingerprint density at radius 1 is 1.21 bits per heavy atom. The largest absolute Gasteiger partial charge is 0.489 e. The lowest BCUT2D eigenvalue weighted by Crippen LogP contribution is -2.12. The highest BCUT2D eigenvalue weighted by atomic mass is 35.5. The Balaban J connectivity index is 2.08. The molecule has 0 aliphatic carbocycles. The molecule has 0 saturated carbocycles. The van der Waals surface area contributed by atoms with Crippen LogP contribution in [0.5, 0.6) is 5.75 Å². The standard InChI is InChI=1S/C14H13ClN2O2/c15-12-5-1-3-10(7-12)9-19-13-6-2-4-11(8-13)14(16)17-18/h1-8,18H,9H2,(H2,16,17). The summed E-state index contributed by atoms with van der Waals surface area (Å²) in [6.07, 6.45) is 0. The van der Waals surface area contributed by atoms with Gasteiger partial charge in [-0.15, -0.1) is 0 Å². The van der Waals surface area contributed by atoms with E-state index in [1.54, 1.807) is 24.3 Å². The Hall–Kier alpha value is -2.20. The maximum Gasteiger partial charge on any atom is 0.170 e. The molecule has 0 aromatic heterocycles. The first-order valence-electron chi connectivity index (χ1n) is 5.64. The summed E-state index contributed by atoms with van der Waals surface area (Å²) in [7, 11) is 0. The molecule has 5 heteroatoms. The molecule has 0 atom stereocenters. The van der Waals surface area contributed by atoms with Crippen molar-refractivity contribution in [2.75, 3.05) is 0 Å². The van der Waals surface area contributed by atoms with Crippen LogP contribution in [0.1, 0.15) is 11.1 Å². The van der Waals surface area contributed by atoms with Gasteiger partial charge in [-0.25, -0.2) is 0 Å². The second-order valence-electron chi connectivity index (χ2n) is 3.93. The second-order valence-corrected chi connectivity index (χ2v) is 4.37. The summed E-state index contributed by atoms with van der Waals surface area (Å²) in [5.74, 6) is 0.692. The smallest absolute Gasteiger partial charge is 0.170 e. The molecule has 0 bridgehead atoms. The van der Waals surface area contributed by atoms with Gasteiger partial charge in [0.25, 0.3) is 0 Å². The van der Waals surface area contributed by atoms with Crippen LogP contribution in [0.2, 0.25) is 5.02 Å². The molecule has 19 heavy (non-hydrogen) atoms. The van der Waals surface area contributed by atoms with Crippen molar-refractivity contribution in [3.05, 3.63) is 64.7 Å². The zero-order valence-electron chi connectivity index (χ0n) is 10.1. The summed E-state index contributed by atoms with van der Waals surface area (Å²) in [5.41, 5.74) is 7.09. The molecule has 4 nitrogen and oxygen atoms in total. The third kappa shape index (κ3) is 3.63. The van der Waals surface area contributed by atoms with Crippen molar-refractivity contribution in [1.82, 2.24) is 0 Å². The zero-order chi connectivity index (χ0) is 13.7. The fraction of sp³-hybridized carbons (Fsp3) is 0.0714. The number of nitrogens with two attached hydrogens (primary N) is 1. The van der Waals surface area contributed by atoms with Crippen LogP contribution in [0.3, 0.4) is 0 Å². The summed E-state index contributed by atoms with van der Waals surface area (Å²) in [6.45, 7) is 0.403. The number of benzene rings is 2. The van der Waals surface area contributed by atoms with E-state index in [0.717, 1.165) is 5.56 Å². The molecule has 2 aromatic carbocycles. The van der Waals surface area contributed by atoms with Gasteiger partial charge in [0.15, 0.2) is 5.84 Å². The van der Waals surface area contributed by atoms with Crippen LogP contribution in [0, 0.1) is 0 Å². The molecule has 0 saturated heterocycles. The minimum atomic E-state index is 0.0493. The molecule has 0 radical (unpaired) electrons. The van der Waals surface area contributed by atoms with Crippen LogP contribution >= 0.6 is 11.6 Å². The van der Waals surface area contributed by atoms with Crippen molar-refractivity contribution in [1.29, 1.82) is 0 Å². The number of hydrogen-bond donors (Lipinski definition) is 2. The predicted octanol–water partition coefficient (Wildman–Crippen LogP) is 3.01. The number of amidine groups is 1. The molecule has 2 rings (SSSR count). The van der Waals surface area contributed by atoms with Gasteiger partial charge < -0.3 is 15.7 Å². The van der Waals surface area contributed by atoms with Crippen molar-refractivity contribution in [2.24, 2.45) is 10.9 Å². The van der Waals surface area contributed by atoms with Gasteiger partial charge >= 0.3 is 0 Å². The van der Waals surface area contributed by atoms with Gasteiger partial charge in [0, 0.05) is 10.6 Å². The van der Waals surface area contributed by atoms with Crippen LogP contribution in [-0.2, 0) is 6.61 Å². The monoisotopic (exact) mass is 276 g/mol. The van der Waals surface area contributed by atoms with Crippen molar-refractivity contribution in [3.63, 3.8) is 0 Å². The lowest BCUT2D eigenvalue weighted by Gasteiger charge is -2.08. The van der Waals surface area contributed by atoms with Crippen molar-refractivity contribution in [2.45, 2.75) is 6.61 Å². The van der Waals surface area contributed by atoms with Gasteiger partial charge in [-0.1, -0.05) is 41.0 Å². The van der Waals surface area contributed by atoms with Crippen LogP contribution < -0.4 is 10.5 Å². The first kappa shape index (κ1) is 13.2. The molecule has 0 unspecified atom stereocenters. The van der Waals surface area contributed by atoms with Crippen LogP contribution in [0.4, 0.5) is 0 Å². The van der Waals surface area contributed by atoms with Gasteiger partial charge in [-0.05, 0) is 29.8 Å². The molecule has 0 aliphatic rings. The molecule has 98 valence electrons. The first-order valence-corrected chi connectivity index (χ1v) is 6.02. The Morgan fingerprint density at radius 2 is 2.00 bits per heavy atom. The molecule has 3 N–H and O–H groups in total. The second kappa shape index (κ2) is 6.11. The molecule has 0 aliphatic heterocycles. The topological polar surface area (TPSA) is 67.8 Å². The van der Waals surface area contributed by atoms with E-state index < -0.39 is 0 Å². The number of rotatable bonds is 4. The van der Waals surface area contributed by atoms with Crippen molar-refractivity contribution >= 4 is 17.4 Å². The summed E-state index contributed by atoms with van der Waals surface area (Å²) < 4.78 is 5.63. The third-order valence-electron chi connectivity index (χ3n) is 2.53. The Bertz CT molecular complexity index is 600. The van der Waals surface area contributed by atoms with Gasteiger partial charge in [-0.2, -0.15) is 0 Å². The fourth-order valence-corrected chi connectivity index (χ4v) is 1.81. The minimum Gasteiger partial charge on any atom is -0.489 e. The normalized spacial score (nSPS) is 11.3. The zero-order valence-corrected chi connectivity index (χ0v) is 10.8. The van der Waals surface area contributed by atoms with Gasteiger partial charge in [0.2, 0.25) is 0 Å². The van der Waals surface area contributed by atoms with E-state index in [9.17, 15) is 0 Å². The molecule has 0 spiro atoms. The summed E-state index contributed by atoms with van der Waals surface area (Å²) in [4.78, 5) is 0. The van der Waals surface area contributed by atoms with Gasteiger partial charge in [-0.3, -0.25) is 0 Å². The van der Waals surface area contributed by atoms with Gasteiger partial charge in [0.05, 0.1) is 0 Å². The van der Waals surface area contributed by atoms with E-state index >= 15 is 0 Å². The predicted molar refractivity (Wildman–Crippen MR) is 74.7 cm³/mol. The number of halogens is 1. The average Bonchev–Trinajstić information content (AvgIpc) is 2.45. The molecule has 2 aromatic rings. The minimum absolute atomic E-state index is 0.0493. The quantitative estimate of drug-likeness (QED) is 0.390. The Labute approximate surface area is 116 Å². The van der Waals surface area contributed by atoms with Crippen LogP contribution in [0.15, 0.2) is 53.7 Å². The van der Waals surface area contributed by atoms with Crippen molar-refractivity contribution in [3.8, 4) is 5.75 Å². The molecule has 0 heterocycles. The summed E-state index contributed by atoms with van der Waals surface area (Å²) in [5, 5.41) is 12.2. The number of ether oxygens (including phenoxy) is 1. The van der Waals surface area contributed by atoms with E-state index in [4.69, 9.17) is 27.3 Å². The highest BCUT2D eigenvalue weighted by Crippen LogP contribution is 2.16. The van der Waals surface area contributed by atoms with Crippen molar-refractivity contribution < 1.29 is 9.94 Å². The van der Waals surface area contributed by atoms with E-state index in [2.05, 4.69) is 5.16 Å². The highest BCUT2D eigenvalue weighted by molar-refractivity contribution is 6.30. The third-order valence-corrected chi connectivity index (χ3v) is 2.77. The Kier molecular flexibility index (Phi) is 4.26. The lowest BCUT2D eigenvalue weighted by atomic mass is 10.2. The maximum atomic E-state index is 8.63. The van der Waals surface area contributed by atoms with E-state index in [1.165, 1.54) is 0 Å². The molecular formula is C14H13ClN2O2. The molecular weight excluding hydrogens is 264 g/mol. The number of oxime groups is 1. The number of nitrogens with zero attached hydrogens (tertiary/aromatic N) is 1. The number of hydrogen-bond acceptors (Lipinski definition) is 3. The van der Waals surface area contributed by atoms with Crippen LogP contribution in [-0.4, -0.2) is 11.0 Å². The first-order chi connectivity index (χ1) is 9.19. The molecule has 0 fully saturated rings. The van der Waals surface area contributed by atoms with E-state index in [-0.39, 0.29) is 5.84 Å². The van der Waals surface area contributed by atoms with E-state index in [1.807, 2.05) is 24.3 Å². The average molecular weight is 277 g/mol. The summed E-state index contributed by atoms with van der Waals surface area (Å²) in [6, 6.07) is 14.5.